The van der Waals surface area contributed by atoms with Gasteiger partial charge in [0.25, 0.3) is 0 Å². The first-order valence-corrected chi connectivity index (χ1v) is 6.29. The van der Waals surface area contributed by atoms with Crippen molar-refractivity contribution in [1.82, 2.24) is 14.9 Å². The summed E-state index contributed by atoms with van der Waals surface area (Å²) >= 11 is 2.00. The normalized spacial score (nSPS) is 32.4. The van der Waals surface area contributed by atoms with Crippen molar-refractivity contribution in [3.63, 3.8) is 0 Å². The minimum Gasteiger partial charge on any atom is -0.329 e. The predicted molar refractivity (Wildman–Crippen MR) is 58.3 cm³/mol. The highest BCUT2D eigenvalue weighted by atomic mass is 32.2. The molecule has 1 aliphatic heterocycles. The van der Waals surface area contributed by atoms with Crippen molar-refractivity contribution in [2.24, 2.45) is 0 Å². The van der Waals surface area contributed by atoms with Gasteiger partial charge in [0.1, 0.15) is 0 Å². The summed E-state index contributed by atoms with van der Waals surface area (Å²) < 4.78 is 2.35. The van der Waals surface area contributed by atoms with E-state index in [0.29, 0.717) is 11.4 Å². The lowest BCUT2D eigenvalue weighted by Gasteiger charge is -2.13. The van der Waals surface area contributed by atoms with Gasteiger partial charge in [-0.15, -0.1) is 11.8 Å². The largest absolute Gasteiger partial charge is 0.329 e. The number of imidazole rings is 1. The topological polar surface area (TPSA) is 29.9 Å². The fraction of sp³-hybridized carbons (Fsp3) is 0.700. The molecule has 2 atom stereocenters. The smallest absolute Gasteiger partial charge is 0.0961 e. The van der Waals surface area contributed by atoms with Crippen LogP contribution in [-0.4, -0.2) is 21.3 Å². The van der Waals surface area contributed by atoms with E-state index in [4.69, 9.17) is 0 Å². The lowest BCUT2D eigenvalue weighted by molar-refractivity contribution is 0.580. The molecule has 3 nitrogen and oxygen atoms in total. The van der Waals surface area contributed by atoms with Crippen molar-refractivity contribution in [3.05, 3.63) is 18.2 Å². The quantitative estimate of drug-likeness (QED) is 0.807. The summed E-state index contributed by atoms with van der Waals surface area (Å²) in [7, 11) is 0. The van der Waals surface area contributed by atoms with Crippen LogP contribution in [0.1, 0.15) is 36.9 Å². The Kier molecular flexibility index (Phi) is 2.06. The van der Waals surface area contributed by atoms with E-state index in [2.05, 4.69) is 21.8 Å². The van der Waals surface area contributed by atoms with E-state index in [1.165, 1.54) is 24.3 Å². The van der Waals surface area contributed by atoms with Crippen LogP contribution in [-0.2, 0) is 0 Å². The standard InChI is InChI=1S/C10H15N3S/c1-7-5-14-10(12-7)9-4-11-6-13(9)8-2-3-8/h4,6-8,10,12H,2-3,5H2,1H3. The maximum atomic E-state index is 4.26. The molecule has 4 heteroatoms. The maximum Gasteiger partial charge on any atom is 0.0961 e. The van der Waals surface area contributed by atoms with E-state index < -0.39 is 0 Å². The molecule has 2 fully saturated rings. The van der Waals surface area contributed by atoms with Crippen molar-refractivity contribution >= 4 is 11.8 Å². The number of aromatic nitrogens is 2. The van der Waals surface area contributed by atoms with Crippen LogP contribution in [0.25, 0.3) is 0 Å². The van der Waals surface area contributed by atoms with Gasteiger partial charge in [0.2, 0.25) is 0 Å². The molecule has 1 aromatic heterocycles. The zero-order chi connectivity index (χ0) is 9.54. The summed E-state index contributed by atoms with van der Waals surface area (Å²) in [6.45, 7) is 2.24. The first kappa shape index (κ1) is 8.80. The molecule has 0 spiro atoms. The third-order valence-electron chi connectivity index (χ3n) is 2.85. The SMILES string of the molecule is CC1CSC(c2cncn2C2CC2)N1. The van der Waals surface area contributed by atoms with Gasteiger partial charge in [-0.3, -0.25) is 5.32 Å². The maximum absolute atomic E-state index is 4.26. The van der Waals surface area contributed by atoms with E-state index >= 15 is 0 Å². The highest BCUT2D eigenvalue weighted by Gasteiger charge is 2.30. The third-order valence-corrected chi connectivity index (χ3v) is 4.26. The molecular weight excluding hydrogens is 194 g/mol. The van der Waals surface area contributed by atoms with Crippen LogP contribution in [0.3, 0.4) is 0 Å². The van der Waals surface area contributed by atoms with Crippen LogP contribution in [0.15, 0.2) is 12.5 Å². The molecule has 0 radical (unpaired) electrons. The molecule has 2 aliphatic rings. The molecule has 76 valence electrons. The van der Waals surface area contributed by atoms with Crippen molar-refractivity contribution in [3.8, 4) is 0 Å². The fourth-order valence-corrected chi connectivity index (χ4v) is 3.20. The summed E-state index contributed by atoms with van der Waals surface area (Å²) in [5.41, 5.74) is 1.36. The lowest BCUT2D eigenvalue weighted by Crippen LogP contribution is -2.23. The Bertz CT molecular complexity index is 332. The van der Waals surface area contributed by atoms with Gasteiger partial charge in [-0.05, 0) is 19.8 Å². The van der Waals surface area contributed by atoms with Gasteiger partial charge in [-0.25, -0.2) is 4.98 Å². The van der Waals surface area contributed by atoms with E-state index in [1.807, 2.05) is 24.3 Å². The second kappa shape index (κ2) is 3.28. The van der Waals surface area contributed by atoms with E-state index in [-0.39, 0.29) is 0 Å². The molecule has 1 saturated carbocycles. The summed E-state index contributed by atoms with van der Waals surface area (Å²) in [6.07, 6.45) is 6.66. The van der Waals surface area contributed by atoms with Gasteiger partial charge in [0, 0.05) is 17.8 Å². The minimum absolute atomic E-state index is 0.466. The zero-order valence-electron chi connectivity index (χ0n) is 8.31. The number of nitrogens with one attached hydrogen (secondary N) is 1. The molecule has 1 N–H and O–H groups in total. The molecule has 1 saturated heterocycles. The van der Waals surface area contributed by atoms with E-state index in [0.717, 1.165) is 6.04 Å². The van der Waals surface area contributed by atoms with Gasteiger partial charge in [0.05, 0.1) is 23.6 Å². The van der Waals surface area contributed by atoms with Crippen molar-refractivity contribution < 1.29 is 0 Å². The van der Waals surface area contributed by atoms with Crippen LogP contribution in [0, 0.1) is 0 Å². The van der Waals surface area contributed by atoms with Crippen molar-refractivity contribution in [1.29, 1.82) is 0 Å². The van der Waals surface area contributed by atoms with Gasteiger partial charge >= 0.3 is 0 Å². The summed E-state index contributed by atoms with van der Waals surface area (Å²) in [4.78, 5) is 4.26. The minimum atomic E-state index is 0.466. The summed E-state index contributed by atoms with van der Waals surface area (Å²) in [5.74, 6) is 1.21. The Balaban J connectivity index is 1.84. The first-order valence-electron chi connectivity index (χ1n) is 5.24. The van der Waals surface area contributed by atoms with Crippen LogP contribution in [0.5, 0.6) is 0 Å². The number of hydrogen-bond donors (Lipinski definition) is 1. The van der Waals surface area contributed by atoms with Crippen LogP contribution in [0.2, 0.25) is 0 Å². The molecule has 1 aliphatic carbocycles. The molecule has 14 heavy (non-hydrogen) atoms. The van der Waals surface area contributed by atoms with E-state index in [9.17, 15) is 0 Å². The Labute approximate surface area is 88.3 Å². The highest BCUT2D eigenvalue weighted by Crippen LogP contribution is 2.40. The molecule has 0 aromatic carbocycles. The number of hydrogen-bond acceptors (Lipinski definition) is 3. The first-order chi connectivity index (χ1) is 6.84. The van der Waals surface area contributed by atoms with Gasteiger partial charge in [-0.1, -0.05) is 0 Å². The molecular formula is C10H15N3S. The number of rotatable bonds is 2. The Morgan fingerprint density at radius 1 is 1.57 bits per heavy atom. The Hall–Kier alpha value is -0.480. The van der Waals surface area contributed by atoms with Crippen LogP contribution >= 0.6 is 11.8 Å². The molecule has 2 heterocycles. The van der Waals surface area contributed by atoms with Gasteiger partial charge in [0.15, 0.2) is 0 Å². The van der Waals surface area contributed by atoms with Crippen LogP contribution in [0.4, 0.5) is 0 Å². The lowest BCUT2D eigenvalue weighted by atomic mass is 10.3. The zero-order valence-corrected chi connectivity index (χ0v) is 9.13. The third kappa shape index (κ3) is 1.46. The molecule has 1 aromatic rings. The number of nitrogens with zero attached hydrogens (tertiary/aromatic N) is 2. The average molecular weight is 209 g/mol. The van der Waals surface area contributed by atoms with Crippen molar-refractivity contribution in [2.75, 3.05) is 5.75 Å². The molecule has 2 unspecified atom stereocenters. The Morgan fingerprint density at radius 2 is 2.43 bits per heavy atom. The highest BCUT2D eigenvalue weighted by molar-refractivity contribution is 7.99. The van der Waals surface area contributed by atoms with Gasteiger partial charge < -0.3 is 4.57 Å². The Morgan fingerprint density at radius 3 is 3.07 bits per heavy atom. The second-order valence-corrected chi connectivity index (χ2v) is 5.38. The predicted octanol–water partition coefficient (Wildman–Crippen LogP) is 1.94. The fourth-order valence-electron chi connectivity index (χ4n) is 1.94. The monoisotopic (exact) mass is 209 g/mol. The molecule has 0 bridgehead atoms. The second-order valence-electron chi connectivity index (χ2n) is 4.24. The van der Waals surface area contributed by atoms with E-state index in [1.54, 1.807) is 0 Å². The number of thioether (sulfide) groups is 1. The molecule has 0 amide bonds. The van der Waals surface area contributed by atoms with Crippen molar-refractivity contribution in [2.45, 2.75) is 37.2 Å². The summed E-state index contributed by atoms with van der Waals surface area (Å²) in [6, 6.07) is 1.37. The van der Waals surface area contributed by atoms with Gasteiger partial charge in [-0.2, -0.15) is 0 Å². The molecule has 3 rings (SSSR count). The summed E-state index contributed by atoms with van der Waals surface area (Å²) in [5, 5.41) is 4.05. The average Bonchev–Trinajstić information content (AvgIpc) is 2.75. The van der Waals surface area contributed by atoms with Crippen LogP contribution < -0.4 is 5.32 Å².